The maximum absolute atomic E-state index is 11.2. The van der Waals surface area contributed by atoms with Crippen LogP contribution in [0.4, 0.5) is 11.7 Å². The second-order valence-corrected chi connectivity index (χ2v) is 6.49. The van der Waals surface area contributed by atoms with Crippen molar-refractivity contribution in [1.29, 1.82) is 0 Å². The molecule has 0 bridgehead atoms. The van der Waals surface area contributed by atoms with Gasteiger partial charge in [-0.3, -0.25) is 9.78 Å². The molecule has 3 N–H and O–H groups in total. The number of para-hydroxylation sites is 1. The molecular formula is C22H20N4O3. The Bertz CT molecular complexity index is 1170. The quantitative estimate of drug-likeness (QED) is 0.492. The highest BCUT2D eigenvalue weighted by atomic mass is 16.5. The van der Waals surface area contributed by atoms with Crippen molar-refractivity contribution in [3.8, 4) is 5.75 Å². The van der Waals surface area contributed by atoms with E-state index >= 15 is 0 Å². The lowest BCUT2D eigenvalue weighted by molar-refractivity contribution is 0.0995. The van der Waals surface area contributed by atoms with Crippen LogP contribution in [0.5, 0.6) is 5.75 Å². The van der Waals surface area contributed by atoms with Crippen LogP contribution in [0.2, 0.25) is 0 Å². The maximum atomic E-state index is 11.2. The molecule has 4 aromatic rings. The Morgan fingerprint density at radius 2 is 2.03 bits per heavy atom. The Balaban J connectivity index is 1.50. The number of fused-ring (bicyclic) bond motifs is 1. The molecule has 1 amide bonds. The summed E-state index contributed by atoms with van der Waals surface area (Å²) < 4.78 is 11.6. The van der Waals surface area contributed by atoms with Gasteiger partial charge in [0.2, 0.25) is 0 Å². The van der Waals surface area contributed by atoms with Gasteiger partial charge in [-0.15, -0.1) is 0 Å². The number of oxazole rings is 1. The van der Waals surface area contributed by atoms with Gasteiger partial charge in [-0.05, 0) is 47.9 Å². The Labute approximate surface area is 167 Å². The number of aromatic nitrogens is 2. The first-order chi connectivity index (χ1) is 14.1. The molecular weight excluding hydrogens is 368 g/mol. The third-order valence-corrected chi connectivity index (χ3v) is 4.48. The van der Waals surface area contributed by atoms with Crippen molar-refractivity contribution in [3.63, 3.8) is 0 Å². The van der Waals surface area contributed by atoms with Crippen LogP contribution < -0.4 is 15.8 Å². The van der Waals surface area contributed by atoms with E-state index in [1.54, 1.807) is 12.1 Å². The van der Waals surface area contributed by atoms with Crippen molar-refractivity contribution in [3.05, 3.63) is 77.6 Å². The van der Waals surface area contributed by atoms with E-state index in [4.69, 9.17) is 14.9 Å². The van der Waals surface area contributed by atoms with Crippen LogP contribution >= 0.6 is 0 Å². The summed E-state index contributed by atoms with van der Waals surface area (Å²) in [6.45, 7) is 2.38. The fourth-order valence-electron chi connectivity index (χ4n) is 2.98. The standard InChI is InChI=1S/C22H20N4O3/c1-2-15-5-3-4-6-17(15)25-22-26-18-12-16(7-8-20(18)29-22)28-13-14-9-10-24-19(11-14)21(23)27/h3-12H,2,13H2,1H3,(H2,23,27)(H,25,26). The molecule has 2 aromatic heterocycles. The van der Waals surface area contributed by atoms with Gasteiger partial charge < -0.3 is 20.2 Å². The number of nitrogens with two attached hydrogens (primary N) is 1. The summed E-state index contributed by atoms with van der Waals surface area (Å²) in [6, 6.07) is 17.3. The van der Waals surface area contributed by atoms with Gasteiger partial charge in [-0.1, -0.05) is 25.1 Å². The molecule has 0 aliphatic heterocycles. The molecule has 4 rings (SSSR count). The Kier molecular flexibility index (Phi) is 5.11. The first-order valence-electron chi connectivity index (χ1n) is 9.25. The highest BCUT2D eigenvalue weighted by Crippen LogP contribution is 2.27. The molecule has 2 aromatic carbocycles. The van der Waals surface area contributed by atoms with E-state index in [0.29, 0.717) is 22.9 Å². The Morgan fingerprint density at radius 1 is 1.17 bits per heavy atom. The fourth-order valence-corrected chi connectivity index (χ4v) is 2.98. The van der Waals surface area contributed by atoms with Crippen LogP contribution in [0.1, 0.15) is 28.5 Å². The summed E-state index contributed by atoms with van der Waals surface area (Å²) in [5, 5.41) is 3.24. The largest absolute Gasteiger partial charge is 0.489 e. The summed E-state index contributed by atoms with van der Waals surface area (Å²) in [5.74, 6) is 0.0734. The molecule has 0 unspecified atom stereocenters. The van der Waals surface area contributed by atoms with Gasteiger partial charge in [-0.25, -0.2) is 0 Å². The molecule has 146 valence electrons. The summed E-state index contributed by atoms with van der Waals surface area (Å²) in [7, 11) is 0. The predicted molar refractivity (Wildman–Crippen MR) is 110 cm³/mol. The van der Waals surface area contributed by atoms with Gasteiger partial charge >= 0.3 is 0 Å². The van der Waals surface area contributed by atoms with E-state index in [-0.39, 0.29) is 12.3 Å². The minimum atomic E-state index is -0.569. The number of carbonyl (C=O) groups is 1. The average molecular weight is 388 g/mol. The lowest BCUT2D eigenvalue weighted by Crippen LogP contribution is -2.13. The molecule has 0 saturated heterocycles. The number of primary amides is 1. The summed E-state index contributed by atoms with van der Waals surface area (Å²) in [6.07, 6.45) is 2.44. The van der Waals surface area contributed by atoms with Crippen LogP contribution in [0, 0.1) is 0 Å². The third kappa shape index (κ3) is 4.19. The second kappa shape index (κ2) is 8.02. The Hall–Kier alpha value is -3.87. The first kappa shape index (κ1) is 18.5. The van der Waals surface area contributed by atoms with Crippen molar-refractivity contribution in [2.24, 2.45) is 5.73 Å². The van der Waals surface area contributed by atoms with Gasteiger partial charge in [0.25, 0.3) is 11.9 Å². The number of ether oxygens (including phenoxy) is 1. The zero-order valence-electron chi connectivity index (χ0n) is 15.9. The van der Waals surface area contributed by atoms with Crippen molar-refractivity contribution in [2.75, 3.05) is 5.32 Å². The zero-order valence-corrected chi connectivity index (χ0v) is 15.9. The number of nitrogens with zero attached hydrogens (tertiary/aromatic N) is 2. The molecule has 0 atom stereocenters. The first-order valence-corrected chi connectivity index (χ1v) is 9.25. The molecule has 7 nitrogen and oxygen atoms in total. The van der Waals surface area contributed by atoms with Gasteiger partial charge in [0.15, 0.2) is 5.58 Å². The third-order valence-electron chi connectivity index (χ3n) is 4.48. The summed E-state index contributed by atoms with van der Waals surface area (Å²) in [5.41, 5.74) is 9.78. The highest BCUT2D eigenvalue weighted by Gasteiger charge is 2.10. The zero-order chi connectivity index (χ0) is 20.2. The minimum Gasteiger partial charge on any atom is -0.489 e. The number of pyridine rings is 1. The second-order valence-electron chi connectivity index (χ2n) is 6.49. The van der Waals surface area contributed by atoms with Crippen molar-refractivity contribution in [1.82, 2.24) is 9.97 Å². The number of aryl methyl sites for hydroxylation is 1. The topological polar surface area (TPSA) is 103 Å². The van der Waals surface area contributed by atoms with Gasteiger partial charge in [0.1, 0.15) is 23.6 Å². The number of carbonyl (C=O) groups excluding carboxylic acids is 1. The molecule has 0 radical (unpaired) electrons. The molecule has 29 heavy (non-hydrogen) atoms. The van der Waals surface area contributed by atoms with Crippen molar-refractivity contribution >= 4 is 28.7 Å². The number of hydrogen-bond acceptors (Lipinski definition) is 6. The molecule has 0 aliphatic carbocycles. The van der Waals surface area contributed by atoms with Crippen LogP contribution in [0.15, 0.2) is 65.2 Å². The van der Waals surface area contributed by atoms with Crippen molar-refractivity contribution < 1.29 is 13.9 Å². The smallest absolute Gasteiger partial charge is 0.300 e. The van der Waals surface area contributed by atoms with E-state index in [1.807, 2.05) is 36.4 Å². The number of nitrogens with one attached hydrogen (secondary N) is 1. The molecule has 0 fully saturated rings. The van der Waals surface area contributed by atoms with E-state index in [0.717, 1.165) is 17.7 Å². The molecule has 0 saturated carbocycles. The van der Waals surface area contributed by atoms with E-state index in [9.17, 15) is 4.79 Å². The minimum absolute atomic E-state index is 0.209. The number of amides is 1. The molecule has 0 aliphatic rings. The SMILES string of the molecule is CCc1ccccc1Nc1nc2cc(OCc3ccnc(C(N)=O)c3)ccc2o1. The highest BCUT2D eigenvalue weighted by molar-refractivity contribution is 5.90. The number of rotatable bonds is 7. The predicted octanol–water partition coefficient (Wildman–Crippen LogP) is 4.21. The van der Waals surface area contributed by atoms with Crippen molar-refractivity contribution in [2.45, 2.75) is 20.0 Å². The average Bonchev–Trinajstić information content (AvgIpc) is 3.14. The van der Waals surface area contributed by atoms with Crippen LogP contribution in [0.25, 0.3) is 11.1 Å². The molecule has 2 heterocycles. The summed E-state index contributed by atoms with van der Waals surface area (Å²) >= 11 is 0. The van der Waals surface area contributed by atoms with Crippen LogP contribution in [0.3, 0.4) is 0 Å². The maximum Gasteiger partial charge on any atom is 0.300 e. The van der Waals surface area contributed by atoms with Crippen LogP contribution in [-0.4, -0.2) is 15.9 Å². The van der Waals surface area contributed by atoms with Crippen LogP contribution in [-0.2, 0) is 13.0 Å². The lowest BCUT2D eigenvalue weighted by Gasteiger charge is -2.06. The fraction of sp³-hybridized carbons (Fsp3) is 0.136. The van der Waals surface area contributed by atoms with E-state index in [2.05, 4.69) is 28.3 Å². The summed E-state index contributed by atoms with van der Waals surface area (Å²) in [4.78, 5) is 19.7. The molecule has 0 spiro atoms. The normalized spacial score (nSPS) is 10.8. The molecule has 7 heteroatoms. The number of anilines is 2. The lowest BCUT2D eigenvalue weighted by atomic mass is 10.1. The van der Waals surface area contributed by atoms with Gasteiger partial charge in [0.05, 0.1) is 0 Å². The number of benzene rings is 2. The van der Waals surface area contributed by atoms with Gasteiger partial charge in [-0.2, -0.15) is 4.98 Å². The monoisotopic (exact) mass is 388 g/mol. The van der Waals surface area contributed by atoms with E-state index < -0.39 is 5.91 Å². The van der Waals surface area contributed by atoms with Gasteiger partial charge in [0, 0.05) is 18.0 Å². The Morgan fingerprint density at radius 3 is 2.86 bits per heavy atom. The van der Waals surface area contributed by atoms with E-state index in [1.165, 1.54) is 11.8 Å². The number of hydrogen-bond donors (Lipinski definition) is 2.